The van der Waals surface area contributed by atoms with E-state index in [1.807, 2.05) is 4.90 Å². The summed E-state index contributed by atoms with van der Waals surface area (Å²) in [5.41, 5.74) is 0. The van der Waals surface area contributed by atoms with Gasteiger partial charge >= 0.3 is 0 Å². The van der Waals surface area contributed by atoms with Crippen LogP contribution in [0.25, 0.3) is 5.32 Å². The van der Waals surface area contributed by atoms with Crippen molar-refractivity contribution in [3.05, 3.63) is 5.32 Å². The number of fused-ring (bicyclic) bond motifs is 2. The fourth-order valence-corrected chi connectivity index (χ4v) is 1.85. The Balaban J connectivity index is 0.000000720. The maximum atomic E-state index is 11.9. The van der Waals surface area contributed by atoms with Crippen molar-refractivity contribution in [2.45, 2.75) is 24.9 Å². The first kappa shape index (κ1) is 11.0. The molecule has 5 heteroatoms. The molecule has 2 nitrogen and oxygen atoms in total. The minimum absolute atomic E-state index is 0. The summed E-state index contributed by atoms with van der Waals surface area (Å²) in [5, 5.41) is 4.30. The van der Waals surface area contributed by atoms with Crippen LogP contribution in [0.15, 0.2) is 0 Å². The normalized spacial score (nSPS) is 34.2. The molecular formula is C7H11F2N2Y-. The number of rotatable bonds is 2. The summed E-state index contributed by atoms with van der Waals surface area (Å²) >= 11 is 0. The molecule has 3 saturated heterocycles. The Hall–Kier alpha value is 0.884. The van der Waals surface area contributed by atoms with Crippen molar-refractivity contribution >= 4 is 0 Å². The van der Waals surface area contributed by atoms with Crippen molar-refractivity contribution in [3.63, 3.8) is 0 Å². The zero-order chi connectivity index (χ0) is 7.84. The topological polar surface area (TPSA) is 17.3 Å². The Morgan fingerprint density at radius 1 is 1.33 bits per heavy atom. The minimum Gasteiger partial charge on any atom is -0.655 e. The van der Waals surface area contributed by atoms with Gasteiger partial charge in [-0.1, -0.05) is 6.42 Å². The van der Waals surface area contributed by atoms with Gasteiger partial charge in [0.05, 0.1) is 6.54 Å². The Morgan fingerprint density at radius 3 is 2.25 bits per heavy atom. The molecule has 0 N–H and O–H groups in total. The van der Waals surface area contributed by atoms with Crippen molar-refractivity contribution < 1.29 is 41.5 Å². The van der Waals surface area contributed by atoms with Crippen molar-refractivity contribution in [2.75, 3.05) is 19.6 Å². The van der Waals surface area contributed by atoms with Crippen molar-refractivity contribution in [1.82, 2.24) is 4.90 Å². The number of piperidine rings is 1. The first-order chi connectivity index (χ1) is 5.24. The maximum absolute atomic E-state index is 11.9. The van der Waals surface area contributed by atoms with Gasteiger partial charge in [0, 0.05) is 32.7 Å². The summed E-state index contributed by atoms with van der Waals surface area (Å²) in [4.78, 5) is 1.82. The summed E-state index contributed by atoms with van der Waals surface area (Å²) in [6, 6.07) is 0.736. The monoisotopic (exact) mass is 250 g/mol. The van der Waals surface area contributed by atoms with Gasteiger partial charge in [-0.05, 0) is 13.1 Å². The summed E-state index contributed by atoms with van der Waals surface area (Å²) in [6.45, 7) is 1.43. The molecule has 2 bridgehead atoms. The summed E-state index contributed by atoms with van der Waals surface area (Å²) in [5.74, 6) is 0. The fourth-order valence-electron chi connectivity index (χ4n) is 1.85. The first-order valence-corrected chi connectivity index (χ1v) is 3.94. The van der Waals surface area contributed by atoms with Gasteiger partial charge in [0.15, 0.2) is 0 Å². The third kappa shape index (κ3) is 2.44. The first-order valence-electron chi connectivity index (χ1n) is 3.94. The zero-order valence-electron chi connectivity index (χ0n) is 6.79. The van der Waals surface area contributed by atoms with Gasteiger partial charge in [-0.15, -0.1) is 12.1 Å². The SMILES string of the molecule is FC(F)CN1CC2CC(C1)[N-]2.[Y]. The Kier molecular flexibility index (Phi) is 4.02. The van der Waals surface area contributed by atoms with Crippen molar-refractivity contribution in [1.29, 1.82) is 0 Å². The molecule has 0 amide bonds. The summed E-state index contributed by atoms with van der Waals surface area (Å²) in [6.07, 6.45) is -1.06. The van der Waals surface area contributed by atoms with Crippen LogP contribution in [-0.4, -0.2) is 43.0 Å². The van der Waals surface area contributed by atoms with E-state index >= 15 is 0 Å². The van der Waals surface area contributed by atoms with E-state index in [4.69, 9.17) is 0 Å². The maximum Gasteiger partial charge on any atom is 0.251 e. The summed E-state index contributed by atoms with van der Waals surface area (Å²) in [7, 11) is 0. The van der Waals surface area contributed by atoms with Crippen LogP contribution in [0.5, 0.6) is 0 Å². The van der Waals surface area contributed by atoms with Crippen LogP contribution < -0.4 is 0 Å². The van der Waals surface area contributed by atoms with Gasteiger partial charge in [0.1, 0.15) is 0 Å². The Labute approximate surface area is 95.9 Å². The molecular weight excluding hydrogens is 239 g/mol. The second-order valence-corrected chi connectivity index (χ2v) is 3.30. The molecule has 2 unspecified atom stereocenters. The van der Waals surface area contributed by atoms with Gasteiger partial charge < -0.3 is 10.2 Å². The Bertz CT molecular complexity index is 138. The van der Waals surface area contributed by atoms with Gasteiger partial charge in [0.25, 0.3) is 6.43 Å². The van der Waals surface area contributed by atoms with E-state index in [1.54, 1.807) is 0 Å². The average molecular weight is 250 g/mol. The van der Waals surface area contributed by atoms with Crippen LogP contribution in [0.4, 0.5) is 8.78 Å². The molecule has 3 heterocycles. The average Bonchev–Trinajstić information content (AvgIpc) is 1.83. The molecule has 3 rings (SSSR count). The molecule has 3 aliphatic heterocycles. The van der Waals surface area contributed by atoms with Crippen LogP contribution in [-0.2, 0) is 32.7 Å². The quantitative estimate of drug-likeness (QED) is 0.716. The standard InChI is InChI=1S/C7H11F2N2.Y/c8-7(9)4-11-2-5-1-6(3-11)10-5;/h5-7H,1-4H2;/q-1;. The largest absolute Gasteiger partial charge is 0.655 e. The molecule has 1 radical (unpaired) electrons. The van der Waals surface area contributed by atoms with Crippen molar-refractivity contribution in [3.8, 4) is 0 Å². The number of hydrogen-bond acceptors (Lipinski definition) is 1. The number of hydrogen-bond donors (Lipinski definition) is 0. The van der Waals surface area contributed by atoms with Crippen LogP contribution in [0.3, 0.4) is 0 Å². The molecule has 0 saturated carbocycles. The van der Waals surface area contributed by atoms with E-state index < -0.39 is 6.43 Å². The molecule has 0 aliphatic carbocycles. The molecule has 12 heavy (non-hydrogen) atoms. The predicted molar refractivity (Wildman–Crippen MR) is 38.0 cm³/mol. The van der Waals surface area contributed by atoms with E-state index in [0.717, 1.165) is 19.5 Å². The van der Waals surface area contributed by atoms with Crippen LogP contribution in [0, 0.1) is 0 Å². The number of nitrogens with zero attached hydrogens (tertiary/aromatic N) is 2. The van der Waals surface area contributed by atoms with Crippen LogP contribution >= 0.6 is 0 Å². The third-order valence-corrected chi connectivity index (χ3v) is 2.30. The smallest absolute Gasteiger partial charge is 0.251 e. The number of alkyl halides is 2. The molecule has 0 aromatic heterocycles. The molecule has 2 atom stereocenters. The predicted octanol–water partition coefficient (Wildman–Crippen LogP) is 1.08. The van der Waals surface area contributed by atoms with Gasteiger partial charge in [-0.2, -0.15) is 0 Å². The van der Waals surface area contributed by atoms with Crippen LogP contribution in [0.2, 0.25) is 0 Å². The summed E-state index contributed by atoms with van der Waals surface area (Å²) < 4.78 is 23.8. The second kappa shape index (κ2) is 4.40. The van der Waals surface area contributed by atoms with Gasteiger partial charge in [0.2, 0.25) is 0 Å². The molecule has 3 fully saturated rings. The van der Waals surface area contributed by atoms with E-state index in [-0.39, 0.29) is 39.3 Å². The molecule has 3 aliphatic rings. The Morgan fingerprint density at radius 2 is 1.83 bits per heavy atom. The van der Waals surface area contributed by atoms with Crippen molar-refractivity contribution in [2.24, 2.45) is 0 Å². The molecule has 0 aromatic carbocycles. The zero-order valence-corrected chi connectivity index (χ0v) is 9.63. The van der Waals surface area contributed by atoms with E-state index in [0.29, 0.717) is 12.1 Å². The molecule has 0 spiro atoms. The second-order valence-electron chi connectivity index (χ2n) is 3.30. The van der Waals surface area contributed by atoms with Gasteiger partial charge in [-0.25, -0.2) is 8.78 Å². The third-order valence-electron chi connectivity index (χ3n) is 2.30. The fraction of sp³-hybridized carbons (Fsp3) is 1.00. The van der Waals surface area contributed by atoms with E-state index in [1.165, 1.54) is 0 Å². The van der Waals surface area contributed by atoms with Gasteiger partial charge in [-0.3, -0.25) is 0 Å². The molecule has 67 valence electrons. The number of halogens is 2. The molecule has 0 aromatic rings. The van der Waals surface area contributed by atoms with Crippen LogP contribution in [0.1, 0.15) is 6.42 Å². The minimum atomic E-state index is -2.19. The van der Waals surface area contributed by atoms with E-state index in [9.17, 15) is 8.78 Å². The van der Waals surface area contributed by atoms with E-state index in [2.05, 4.69) is 5.32 Å². The number of piperazine rings is 1.